The molecule has 1 aromatic heterocycles. The molecule has 6 nitrogen and oxygen atoms in total. The molecule has 2 aromatic rings. The van der Waals surface area contributed by atoms with E-state index < -0.39 is 0 Å². The van der Waals surface area contributed by atoms with E-state index in [1.807, 2.05) is 30.5 Å². The molecule has 3 aliphatic rings. The van der Waals surface area contributed by atoms with Crippen molar-refractivity contribution in [2.75, 3.05) is 5.32 Å². The van der Waals surface area contributed by atoms with E-state index in [2.05, 4.69) is 24.4 Å². The number of pyridine rings is 1. The van der Waals surface area contributed by atoms with Gasteiger partial charge in [0.15, 0.2) is 0 Å². The van der Waals surface area contributed by atoms with Crippen LogP contribution in [0.4, 0.5) is 5.69 Å². The van der Waals surface area contributed by atoms with E-state index in [0.717, 1.165) is 34.7 Å². The van der Waals surface area contributed by atoms with Crippen LogP contribution in [0.1, 0.15) is 55.6 Å². The number of esters is 1. The molecule has 29 heavy (non-hydrogen) atoms. The predicted octanol–water partition coefficient (Wildman–Crippen LogP) is 3.58. The molecule has 5 rings (SSSR count). The van der Waals surface area contributed by atoms with Crippen molar-refractivity contribution in [2.45, 2.75) is 58.9 Å². The quantitative estimate of drug-likeness (QED) is 0.809. The zero-order chi connectivity index (χ0) is 20.3. The Morgan fingerprint density at radius 2 is 2.10 bits per heavy atom. The number of ether oxygens (including phenoxy) is 2. The van der Waals surface area contributed by atoms with Crippen molar-refractivity contribution < 1.29 is 14.3 Å². The van der Waals surface area contributed by atoms with Crippen molar-refractivity contribution in [2.24, 2.45) is 0 Å². The maximum absolute atomic E-state index is 13.1. The van der Waals surface area contributed by atoms with E-state index in [9.17, 15) is 9.59 Å². The van der Waals surface area contributed by atoms with Gasteiger partial charge in [-0.1, -0.05) is 6.92 Å². The Morgan fingerprint density at radius 3 is 2.86 bits per heavy atom. The van der Waals surface area contributed by atoms with Gasteiger partial charge >= 0.3 is 5.97 Å². The summed E-state index contributed by atoms with van der Waals surface area (Å²) >= 11 is 0. The fraction of sp³-hybridized carbons (Fsp3) is 0.391. The van der Waals surface area contributed by atoms with Gasteiger partial charge in [-0.25, -0.2) is 0 Å². The Labute approximate surface area is 169 Å². The van der Waals surface area contributed by atoms with E-state index in [4.69, 9.17) is 9.47 Å². The zero-order valence-electron chi connectivity index (χ0n) is 16.9. The minimum absolute atomic E-state index is 0.0444. The van der Waals surface area contributed by atoms with Crippen molar-refractivity contribution in [1.29, 1.82) is 0 Å². The molecule has 1 aromatic carbocycles. The second-order valence-electron chi connectivity index (χ2n) is 8.11. The van der Waals surface area contributed by atoms with Gasteiger partial charge in [0.05, 0.1) is 24.1 Å². The highest BCUT2D eigenvalue weighted by Gasteiger charge is 2.36. The van der Waals surface area contributed by atoms with E-state index in [-0.39, 0.29) is 36.7 Å². The molecular weight excluding hydrogens is 368 g/mol. The number of nitrogens with one attached hydrogen (secondary N) is 1. The minimum atomic E-state index is -0.274. The fourth-order valence-corrected chi connectivity index (χ4v) is 4.70. The second kappa shape index (κ2) is 6.51. The van der Waals surface area contributed by atoms with Crippen LogP contribution in [0, 0.1) is 0 Å². The zero-order valence-corrected chi connectivity index (χ0v) is 16.9. The Hall–Kier alpha value is -3.02. The van der Waals surface area contributed by atoms with Crippen molar-refractivity contribution in [1.82, 2.24) is 4.57 Å². The number of fused-ring (bicyclic) bond motifs is 5. The first-order valence-electron chi connectivity index (χ1n) is 10.2. The van der Waals surface area contributed by atoms with Gasteiger partial charge in [-0.05, 0) is 61.2 Å². The molecule has 1 atom stereocenters. The molecular formula is C23H24N2O4. The summed E-state index contributed by atoms with van der Waals surface area (Å²) in [6, 6.07) is 8.08. The van der Waals surface area contributed by atoms with Crippen LogP contribution in [0.5, 0.6) is 5.75 Å². The molecule has 1 unspecified atom stereocenters. The highest BCUT2D eigenvalue weighted by Crippen LogP contribution is 2.46. The van der Waals surface area contributed by atoms with Gasteiger partial charge < -0.3 is 19.4 Å². The van der Waals surface area contributed by atoms with E-state index >= 15 is 0 Å². The summed E-state index contributed by atoms with van der Waals surface area (Å²) in [7, 11) is 0. The number of carbonyl (C=O) groups excluding carboxylic acids is 1. The number of benzene rings is 1. The maximum Gasteiger partial charge on any atom is 0.310 e. The lowest BCUT2D eigenvalue weighted by atomic mass is 9.88. The molecule has 1 N–H and O–H groups in total. The first-order valence-corrected chi connectivity index (χ1v) is 10.2. The van der Waals surface area contributed by atoms with Gasteiger partial charge in [-0.3, -0.25) is 9.59 Å². The molecule has 3 aliphatic heterocycles. The first kappa shape index (κ1) is 18.0. The van der Waals surface area contributed by atoms with Crippen LogP contribution < -0.4 is 15.6 Å². The van der Waals surface area contributed by atoms with Crippen LogP contribution in [0.15, 0.2) is 34.6 Å². The summed E-state index contributed by atoms with van der Waals surface area (Å²) in [6.45, 7) is 6.81. The maximum atomic E-state index is 13.1. The average Bonchev–Trinajstić information content (AvgIpc) is 3.04. The van der Waals surface area contributed by atoms with Crippen molar-refractivity contribution >= 4 is 17.2 Å². The van der Waals surface area contributed by atoms with Gasteiger partial charge in [0.2, 0.25) is 0 Å². The Bertz CT molecular complexity index is 1130. The van der Waals surface area contributed by atoms with Crippen LogP contribution in [0.25, 0.3) is 5.57 Å². The first-order chi connectivity index (χ1) is 14.0. The SMILES string of the molecule is CCC1=C2Cn3c(cc4c(c3=O)COC(=O)C4)C2Nc2ccc(OC(C)C)cc21. The summed E-state index contributed by atoms with van der Waals surface area (Å²) in [5.74, 6) is 0.578. The molecule has 0 spiro atoms. The standard InChI is InChI=1S/C23H24N2O4/c1-4-15-16-9-14(29-12(2)3)5-6-19(16)24-22-17(15)10-25-20(22)7-13-8-21(26)28-11-18(13)23(25)27/h5-7,9,12,22,24H,4,8,10-11H2,1-3H3. The lowest BCUT2D eigenvalue weighted by Crippen LogP contribution is -2.30. The van der Waals surface area contributed by atoms with Crippen LogP contribution in [-0.2, 0) is 29.1 Å². The molecule has 0 aliphatic carbocycles. The third kappa shape index (κ3) is 2.77. The number of hydrogen-bond donors (Lipinski definition) is 1. The normalized spacial score (nSPS) is 19.2. The van der Waals surface area contributed by atoms with Crippen molar-refractivity contribution in [3.8, 4) is 5.75 Å². The van der Waals surface area contributed by atoms with Crippen LogP contribution >= 0.6 is 0 Å². The van der Waals surface area contributed by atoms with Crippen molar-refractivity contribution in [3.05, 3.63) is 62.6 Å². The number of allylic oxidation sites excluding steroid dienone is 1. The summed E-state index contributed by atoms with van der Waals surface area (Å²) in [5, 5.41) is 3.62. The predicted molar refractivity (Wildman–Crippen MR) is 110 cm³/mol. The summed E-state index contributed by atoms with van der Waals surface area (Å²) < 4.78 is 12.8. The van der Waals surface area contributed by atoms with E-state index in [0.29, 0.717) is 12.1 Å². The topological polar surface area (TPSA) is 69.6 Å². The Morgan fingerprint density at radius 1 is 1.28 bits per heavy atom. The lowest BCUT2D eigenvalue weighted by Gasteiger charge is -2.28. The highest BCUT2D eigenvalue weighted by molar-refractivity contribution is 5.84. The Kier molecular flexibility index (Phi) is 4.05. The second-order valence-corrected chi connectivity index (χ2v) is 8.11. The summed E-state index contributed by atoms with van der Waals surface area (Å²) in [5.41, 5.74) is 6.95. The van der Waals surface area contributed by atoms with Crippen LogP contribution in [-0.4, -0.2) is 16.6 Å². The lowest BCUT2D eigenvalue weighted by molar-refractivity contribution is -0.145. The number of carbonyl (C=O) groups is 1. The minimum Gasteiger partial charge on any atom is -0.491 e. The number of rotatable bonds is 3. The van der Waals surface area contributed by atoms with Crippen molar-refractivity contribution in [3.63, 3.8) is 0 Å². The molecule has 0 saturated heterocycles. The van der Waals surface area contributed by atoms with Crippen LogP contribution in [0.3, 0.4) is 0 Å². The molecule has 0 fully saturated rings. The molecule has 0 amide bonds. The third-order valence-corrected chi connectivity index (χ3v) is 5.94. The molecule has 150 valence electrons. The largest absolute Gasteiger partial charge is 0.491 e. The van der Waals surface area contributed by atoms with Gasteiger partial charge in [0.25, 0.3) is 5.56 Å². The molecule has 0 radical (unpaired) electrons. The molecule has 4 heterocycles. The van der Waals surface area contributed by atoms with Crippen LogP contribution in [0.2, 0.25) is 0 Å². The average molecular weight is 392 g/mol. The third-order valence-electron chi connectivity index (χ3n) is 5.94. The van der Waals surface area contributed by atoms with Gasteiger partial charge in [-0.15, -0.1) is 0 Å². The number of hydrogen-bond acceptors (Lipinski definition) is 5. The van der Waals surface area contributed by atoms with Gasteiger partial charge in [0, 0.05) is 23.5 Å². The number of aromatic nitrogens is 1. The highest BCUT2D eigenvalue weighted by atomic mass is 16.5. The molecule has 0 bridgehead atoms. The van der Waals surface area contributed by atoms with Gasteiger partial charge in [0.1, 0.15) is 12.4 Å². The number of nitrogens with zero attached hydrogens (tertiary/aromatic N) is 1. The monoisotopic (exact) mass is 392 g/mol. The summed E-state index contributed by atoms with van der Waals surface area (Å²) in [6.07, 6.45) is 1.15. The van der Waals surface area contributed by atoms with E-state index in [1.54, 1.807) is 0 Å². The fourth-order valence-electron chi connectivity index (χ4n) is 4.70. The molecule has 0 saturated carbocycles. The smallest absolute Gasteiger partial charge is 0.310 e. The number of cyclic esters (lactones) is 1. The van der Waals surface area contributed by atoms with E-state index in [1.165, 1.54) is 11.1 Å². The Balaban J connectivity index is 1.63. The summed E-state index contributed by atoms with van der Waals surface area (Å²) in [4.78, 5) is 24.8. The molecule has 6 heteroatoms. The van der Waals surface area contributed by atoms with Gasteiger partial charge in [-0.2, -0.15) is 0 Å². The number of anilines is 1.